The molecule has 4 nitrogen and oxygen atoms in total. The molecule has 2 aromatic carbocycles. The number of carbonyl (C=O) groups is 1. The first kappa shape index (κ1) is 21.2. The molecule has 2 aromatic rings. The molecule has 0 saturated heterocycles. The first-order valence-corrected chi connectivity index (χ1v) is 10.3. The summed E-state index contributed by atoms with van der Waals surface area (Å²) in [6.07, 6.45) is 4.61. The molecule has 1 aliphatic carbocycles. The van der Waals surface area contributed by atoms with Gasteiger partial charge in [0.15, 0.2) is 6.54 Å². The van der Waals surface area contributed by atoms with E-state index in [1.165, 1.54) is 25.0 Å². The Bertz CT molecular complexity index is 768. The summed E-state index contributed by atoms with van der Waals surface area (Å²) >= 11 is 0. The van der Waals surface area contributed by atoms with E-state index in [2.05, 4.69) is 17.0 Å². The molecule has 0 bridgehead atoms. The number of hydrogen-bond donors (Lipinski definition) is 2. The number of rotatable bonds is 8. The molecule has 156 valence electrons. The van der Waals surface area contributed by atoms with Crippen molar-refractivity contribution in [3.63, 3.8) is 0 Å². The maximum Gasteiger partial charge on any atom is 0.387 e. The molecular formula is C23H29F2N2O2+. The van der Waals surface area contributed by atoms with E-state index >= 15 is 0 Å². The van der Waals surface area contributed by atoms with Gasteiger partial charge in [-0.15, -0.1) is 0 Å². The highest BCUT2D eigenvalue weighted by Crippen LogP contribution is 2.24. The van der Waals surface area contributed by atoms with Crippen molar-refractivity contribution in [2.75, 3.05) is 6.54 Å². The lowest BCUT2D eigenvalue weighted by molar-refractivity contribution is -0.676. The highest BCUT2D eigenvalue weighted by Gasteiger charge is 2.24. The molecule has 1 aliphatic rings. The lowest BCUT2D eigenvalue weighted by Gasteiger charge is -2.29. The van der Waals surface area contributed by atoms with Gasteiger partial charge < -0.3 is 15.4 Å². The van der Waals surface area contributed by atoms with Crippen molar-refractivity contribution in [3.05, 3.63) is 65.7 Å². The number of ether oxygens (including phenoxy) is 1. The molecule has 6 heteroatoms. The molecule has 3 rings (SSSR count). The first-order valence-electron chi connectivity index (χ1n) is 10.3. The summed E-state index contributed by atoms with van der Waals surface area (Å²) < 4.78 is 29.2. The van der Waals surface area contributed by atoms with Gasteiger partial charge in [0.25, 0.3) is 5.91 Å². The molecule has 0 heterocycles. The van der Waals surface area contributed by atoms with E-state index in [0.29, 0.717) is 12.5 Å². The fraction of sp³-hybridized carbons (Fsp3) is 0.435. The van der Waals surface area contributed by atoms with Crippen LogP contribution >= 0.6 is 0 Å². The lowest BCUT2D eigenvalue weighted by atomic mass is 9.86. The van der Waals surface area contributed by atoms with E-state index in [1.807, 2.05) is 35.6 Å². The third-order valence-electron chi connectivity index (χ3n) is 5.62. The highest BCUT2D eigenvalue weighted by atomic mass is 19.3. The molecule has 1 saturated carbocycles. The second kappa shape index (κ2) is 10.3. The molecule has 0 radical (unpaired) electrons. The van der Waals surface area contributed by atoms with E-state index in [0.717, 1.165) is 24.0 Å². The molecule has 29 heavy (non-hydrogen) atoms. The number of quaternary nitrogens is 1. The second-order valence-corrected chi connectivity index (χ2v) is 7.71. The fourth-order valence-corrected chi connectivity index (χ4v) is 4.00. The smallest absolute Gasteiger partial charge is 0.387 e. The Morgan fingerprint density at radius 2 is 1.72 bits per heavy atom. The van der Waals surface area contributed by atoms with Crippen LogP contribution in [0.15, 0.2) is 54.6 Å². The van der Waals surface area contributed by atoms with Crippen LogP contribution in [0.5, 0.6) is 5.75 Å². The van der Waals surface area contributed by atoms with Crippen LogP contribution in [0.3, 0.4) is 0 Å². The van der Waals surface area contributed by atoms with Gasteiger partial charge in [-0.3, -0.25) is 4.79 Å². The average Bonchev–Trinajstić information content (AvgIpc) is 2.71. The number of halogens is 2. The Balaban J connectivity index is 1.67. The summed E-state index contributed by atoms with van der Waals surface area (Å²) in [5, 5.41) is 5.17. The molecule has 0 unspecified atom stereocenters. The van der Waals surface area contributed by atoms with Crippen LogP contribution in [0, 0.1) is 5.92 Å². The number of nitrogens with one attached hydrogen (secondary N) is 1. The van der Waals surface area contributed by atoms with Crippen LogP contribution < -0.4 is 15.4 Å². The van der Waals surface area contributed by atoms with Gasteiger partial charge >= 0.3 is 6.61 Å². The largest absolute Gasteiger partial charge is 0.435 e. The molecule has 0 aliphatic heterocycles. The Morgan fingerprint density at radius 1 is 1.07 bits per heavy atom. The van der Waals surface area contributed by atoms with Crippen LogP contribution in [0.4, 0.5) is 8.78 Å². The van der Waals surface area contributed by atoms with Crippen molar-refractivity contribution >= 4 is 5.91 Å². The second-order valence-electron chi connectivity index (χ2n) is 7.71. The lowest BCUT2D eigenvalue weighted by Crippen LogP contribution is -2.88. The van der Waals surface area contributed by atoms with Crippen LogP contribution in [-0.2, 0) is 4.79 Å². The van der Waals surface area contributed by atoms with E-state index in [9.17, 15) is 13.6 Å². The summed E-state index contributed by atoms with van der Waals surface area (Å²) in [4.78, 5) is 12.6. The van der Waals surface area contributed by atoms with Crippen molar-refractivity contribution in [1.29, 1.82) is 0 Å². The topological polar surface area (TPSA) is 54.9 Å². The normalized spacial score (nSPS) is 20.3. The summed E-state index contributed by atoms with van der Waals surface area (Å²) in [7, 11) is 0. The Kier molecular flexibility index (Phi) is 7.58. The van der Waals surface area contributed by atoms with E-state index in [1.54, 1.807) is 12.1 Å². The Morgan fingerprint density at radius 3 is 2.38 bits per heavy atom. The maximum absolute atomic E-state index is 12.6. The first-order chi connectivity index (χ1) is 14.0. The van der Waals surface area contributed by atoms with Gasteiger partial charge in [0.2, 0.25) is 0 Å². The highest BCUT2D eigenvalue weighted by molar-refractivity contribution is 5.77. The molecular weight excluding hydrogens is 374 g/mol. The third-order valence-corrected chi connectivity index (χ3v) is 5.62. The summed E-state index contributed by atoms with van der Waals surface area (Å²) in [5.41, 5.74) is 1.98. The Labute approximate surface area is 170 Å². The van der Waals surface area contributed by atoms with Crippen molar-refractivity contribution in [1.82, 2.24) is 5.32 Å². The summed E-state index contributed by atoms with van der Waals surface area (Å²) in [6.45, 7) is -0.343. The van der Waals surface area contributed by atoms with Crippen molar-refractivity contribution in [3.8, 4) is 5.75 Å². The third kappa shape index (κ3) is 6.26. The zero-order valence-electron chi connectivity index (χ0n) is 16.7. The predicted molar refractivity (Wildman–Crippen MR) is 108 cm³/mol. The van der Waals surface area contributed by atoms with Gasteiger partial charge in [-0.05, 0) is 43.0 Å². The van der Waals surface area contributed by atoms with E-state index < -0.39 is 6.61 Å². The number of alkyl halides is 2. The Hall–Kier alpha value is -2.47. The minimum Gasteiger partial charge on any atom is -0.435 e. The number of carbonyl (C=O) groups excluding carboxylic acids is 1. The van der Waals surface area contributed by atoms with Gasteiger partial charge in [-0.1, -0.05) is 50.1 Å². The van der Waals surface area contributed by atoms with Crippen molar-refractivity contribution in [2.45, 2.75) is 51.3 Å². The van der Waals surface area contributed by atoms with Crippen molar-refractivity contribution < 1.29 is 23.6 Å². The van der Waals surface area contributed by atoms with Gasteiger partial charge in [0.1, 0.15) is 11.8 Å². The van der Waals surface area contributed by atoms with Crippen molar-refractivity contribution in [2.24, 2.45) is 5.92 Å². The number of nitrogens with two attached hydrogens (primary N) is 1. The maximum atomic E-state index is 12.6. The molecule has 1 amide bonds. The quantitative estimate of drug-likeness (QED) is 0.707. The van der Waals surface area contributed by atoms with Gasteiger partial charge in [0.05, 0.1) is 0 Å². The number of benzene rings is 2. The SMILES string of the molecule is C[C@H]1CCCC[C@H]1NC(=O)C[NH2+][C@@H](c1ccccc1)c1ccc(OC(F)F)cc1. The predicted octanol–water partition coefficient (Wildman–Crippen LogP) is 3.64. The van der Waals surface area contributed by atoms with Crippen LogP contribution in [0.2, 0.25) is 0 Å². The van der Waals surface area contributed by atoms with Gasteiger partial charge in [0, 0.05) is 17.2 Å². The zero-order chi connectivity index (χ0) is 20.6. The molecule has 1 fully saturated rings. The summed E-state index contributed by atoms with van der Waals surface area (Å²) in [6, 6.07) is 16.6. The van der Waals surface area contributed by atoms with Gasteiger partial charge in [-0.2, -0.15) is 8.78 Å². The monoisotopic (exact) mass is 403 g/mol. The van der Waals surface area contributed by atoms with Gasteiger partial charge in [-0.25, -0.2) is 0 Å². The molecule has 0 aromatic heterocycles. The number of amides is 1. The minimum atomic E-state index is -2.84. The zero-order valence-corrected chi connectivity index (χ0v) is 16.7. The summed E-state index contributed by atoms with van der Waals surface area (Å²) in [5.74, 6) is 0.668. The van der Waals surface area contributed by atoms with Crippen LogP contribution in [0.25, 0.3) is 0 Å². The van der Waals surface area contributed by atoms with Crippen LogP contribution in [0.1, 0.15) is 49.8 Å². The van der Waals surface area contributed by atoms with E-state index in [4.69, 9.17) is 0 Å². The molecule has 3 N–H and O–H groups in total. The standard InChI is InChI=1S/C23H28F2N2O2/c1-16-7-5-6-10-20(16)27-21(28)15-26-22(17-8-3-2-4-9-17)18-11-13-19(14-12-18)29-23(24)25/h2-4,8-9,11-14,16,20,22-23,26H,5-7,10,15H2,1H3,(H,27,28)/p+1/t16-,20+,22-/m0/s1. The average molecular weight is 403 g/mol. The van der Waals surface area contributed by atoms with Crippen LogP contribution in [-0.4, -0.2) is 25.1 Å². The fourth-order valence-electron chi connectivity index (χ4n) is 4.00. The van der Waals surface area contributed by atoms with E-state index in [-0.39, 0.29) is 23.7 Å². The molecule has 3 atom stereocenters. The number of hydrogen-bond acceptors (Lipinski definition) is 2. The molecule has 0 spiro atoms. The minimum absolute atomic E-state index is 0.0299.